The van der Waals surface area contributed by atoms with Gasteiger partial charge in [-0.1, -0.05) is 18.2 Å². The number of nitrogens with zero attached hydrogens (tertiary/aromatic N) is 4. The van der Waals surface area contributed by atoms with Crippen molar-refractivity contribution in [1.82, 2.24) is 20.2 Å². The lowest BCUT2D eigenvalue weighted by atomic mass is 9.89. The molecule has 0 radical (unpaired) electrons. The zero-order valence-electron chi connectivity index (χ0n) is 21.1. The molecule has 0 aliphatic carbocycles. The van der Waals surface area contributed by atoms with E-state index in [1.807, 2.05) is 60.3 Å². The van der Waals surface area contributed by atoms with Crippen LogP contribution in [0.1, 0.15) is 42.2 Å². The molecule has 0 saturated carbocycles. The van der Waals surface area contributed by atoms with Gasteiger partial charge in [0.25, 0.3) is 5.91 Å². The summed E-state index contributed by atoms with van der Waals surface area (Å²) in [5.41, 5.74) is 4.59. The average molecular weight is 509 g/mol. The van der Waals surface area contributed by atoms with Crippen LogP contribution in [0.15, 0.2) is 61.1 Å². The van der Waals surface area contributed by atoms with Gasteiger partial charge in [0, 0.05) is 49.7 Å². The molecule has 0 saturated heterocycles. The third kappa shape index (κ3) is 6.19. The van der Waals surface area contributed by atoms with Gasteiger partial charge in [-0.2, -0.15) is 0 Å². The maximum absolute atomic E-state index is 12.4. The molecule has 36 heavy (non-hydrogen) atoms. The lowest BCUT2D eigenvalue weighted by Crippen LogP contribution is -2.43. The lowest BCUT2D eigenvalue weighted by molar-refractivity contribution is -0.117. The molecule has 190 valence electrons. The minimum atomic E-state index is -0.0804. The normalized spacial score (nSPS) is 16.6. The van der Waals surface area contributed by atoms with Crippen LogP contribution in [0.5, 0.6) is 0 Å². The first kappa shape index (κ1) is 27.1. The van der Waals surface area contributed by atoms with Crippen molar-refractivity contribution in [2.75, 3.05) is 37.4 Å². The third-order valence-electron chi connectivity index (χ3n) is 6.23. The van der Waals surface area contributed by atoms with Gasteiger partial charge in [0.2, 0.25) is 5.91 Å². The number of hydrogen-bond donors (Lipinski definition) is 2. The number of hydrogen-bond acceptors (Lipinski definition) is 6. The molecule has 2 heterocycles. The van der Waals surface area contributed by atoms with Crippen LogP contribution < -0.4 is 15.5 Å². The zero-order valence-corrected chi connectivity index (χ0v) is 21.9. The Morgan fingerprint density at radius 3 is 2.44 bits per heavy atom. The lowest BCUT2D eigenvalue weighted by Gasteiger charge is -2.39. The Balaban J connectivity index is 0.00000361. The van der Waals surface area contributed by atoms with Crippen LogP contribution in [0.25, 0.3) is 11.1 Å². The van der Waals surface area contributed by atoms with E-state index in [2.05, 4.69) is 33.6 Å². The molecule has 4 rings (SSSR count). The van der Waals surface area contributed by atoms with Crippen LogP contribution in [-0.4, -0.2) is 59.9 Å². The predicted octanol–water partition coefficient (Wildman–Crippen LogP) is 4.16. The Morgan fingerprint density at radius 2 is 1.81 bits per heavy atom. The SMILES string of the molecule is CC(=O)N1c2ccc(-c3ccc(C(=O)NCCN(C)C)cc3)cc2[C@H](Nc2cnccn2)C[C@@H]1C.Cl. The summed E-state index contributed by atoms with van der Waals surface area (Å²) in [5, 5.41) is 6.43. The summed E-state index contributed by atoms with van der Waals surface area (Å²) < 4.78 is 0. The fourth-order valence-corrected chi connectivity index (χ4v) is 4.52. The summed E-state index contributed by atoms with van der Waals surface area (Å²) in [6, 6.07) is 13.8. The van der Waals surface area contributed by atoms with E-state index in [1.165, 1.54) is 0 Å². The zero-order chi connectivity index (χ0) is 24.9. The average Bonchev–Trinajstić information content (AvgIpc) is 2.84. The topological polar surface area (TPSA) is 90.5 Å². The van der Waals surface area contributed by atoms with Crippen molar-refractivity contribution in [3.63, 3.8) is 0 Å². The first-order valence-electron chi connectivity index (χ1n) is 11.8. The molecular weight excluding hydrogens is 476 g/mol. The second-order valence-corrected chi connectivity index (χ2v) is 9.17. The molecule has 0 bridgehead atoms. The van der Waals surface area contributed by atoms with Gasteiger partial charge in [-0.05, 0) is 68.4 Å². The maximum atomic E-state index is 12.4. The molecular formula is C27H33ClN6O2. The molecule has 9 heteroatoms. The summed E-state index contributed by atoms with van der Waals surface area (Å²) in [4.78, 5) is 37.3. The third-order valence-corrected chi connectivity index (χ3v) is 6.23. The first-order valence-corrected chi connectivity index (χ1v) is 11.8. The van der Waals surface area contributed by atoms with Crippen molar-refractivity contribution >= 4 is 35.7 Å². The maximum Gasteiger partial charge on any atom is 0.251 e. The van der Waals surface area contributed by atoms with E-state index < -0.39 is 0 Å². The number of halogens is 1. The quantitative estimate of drug-likeness (QED) is 0.498. The molecule has 1 aromatic heterocycles. The van der Waals surface area contributed by atoms with Crippen molar-refractivity contribution in [3.05, 3.63) is 72.2 Å². The van der Waals surface area contributed by atoms with Crippen molar-refractivity contribution in [2.45, 2.75) is 32.4 Å². The molecule has 0 unspecified atom stereocenters. The van der Waals surface area contributed by atoms with E-state index >= 15 is 0 Å². The van der Waals surface area contributed by atoms with Crippen LogP contribution in [-0.2, 0) is 4.79 Å². The number of fused-ring (bicyclic) bond motifs is 1. The van der Waals surface area contributed by atoms with E-state index in [-0.39, 0.29) is 36.3 Å². The minimum absolute atomic E-state index is 0. The van der Waals surface area contributed by atoms with Crippen LogP contribution in [0.3, 0.4) is 0 Å². The highest BCUT2D eigenvalue weighted by Crippen LogP contribution is 2.40. The molecule has 2 atom stereocenters. The van der Waals surface area contributed by atoms with Gasteiger partial charge < -0.3 is 20.4 Å². The molecule has 8 nitrogen and oxygen atoms in total. The van der Waals surface area contributed by atoms with Gasteiger partial charge in [0.1, 0.15) is 5.82 Å². The molecule has 2 aromatic carbocycles. The summed E-state index contributed by atoms with van der Waals surface area (Å²) in [5.74, 6) is 0.638. The van der Waals surface area contributed by atoms with Gasteiger partial charge in [-0.25, -0.2) is 4.98 Å². The number of nitrogens with one attached hydrogen (secondary N) is 2. The van der Waals surface area contributed by atoms with Crippen LogP contribution in [0.4, 0.5) is 11.5 Å². The molecule has 2 N–H and O–H groups in total. The second kappa shape index (κ2) is 12.0. The number of rotatable bonds is 7. The van der Waals surface area contributed by atoms with E-state index in [0.717, 1.165) is 35.3 Å². The van der Waals surface area contributed by atoms with Gasteiger partial charge in [-0.15, -0.1) is 12.4 Å². The number of anilines is 2. The standard InChI is InChI=1S/C27H32N6O2.ClH/c1-18-15-24(31-26-17-28-11-12-29-26)23-16-22(9-10-25(23)33(18)19(2)34)20-5-7-21(8-6-20)27(35)30-13-14-32(3)4;/h5-12,16-18,24H,13-15H2,1-4H3,(H,29,31)(H,30,35);1H/t18-,24+;/m0./s1. The number of likely N-dealkylation sites (N-methyl/N-ethyl adjacent to an activating group) is 1. The largest absolute Gasteiger partial charge is 0.362 e. The molecule has 3 aromatic rings. The Morgan fingerprint density at radius 1 is 1.08 bits per heavy atom. The highest BCUT2D eigenvalue weighted by molar-refractivity contribution is 5.95. The van der Waals surface area contributed by atoms with Crippen molar-refractivity contribution < 1.29 is 9.59 Å². The smallest absolute Gasteiger partial charge is 0.251 e. The van der Waals surface area contributed by atoms with E-state index in [4.69, 9.17) is 0 Å². The second-order valence-electron chi connectivity index (χ2n) is 9.17. The van der Waals surface area contributed by atoms with Gasteiger partial charge in [0.05, 0.1) is 12.2 Å². The Hall–Kier alpha value is -3.49. The van der Waals surface area contributed by atoms with Gasteiger partial charge in [-0.3, -0.25) is 14.6 Å². The van der Waals surface area contributed by atoms with Crippen molar-refractivity contribution in [1.29, 1.82) is 0 Å². The van der Waals surface area contributed by atoms with Gasteiger partial charge >= 0.3 is 0 Å². The molecule has 1 aliphatic heterocycles. The Bertz CT molecular complexity index is 1190. The molecule has 0 fully saturated rings. The summed E-state index contributed by atoms with van der Waals surface area (Å²) in [6.45, 7) is 5.06. The highest BCUT2D eigenvalue weighted by Gasteiger charge is 2.32. The van der Waals surface area contributed by atoms with Crippen LogP contribution in [0.2, 0.25) is 0 Å². The molecule has 2 amide bonds. The van der Waals surface area contributed by atoms with Crippen molar-refractivity contribution in [2.24, 2.45) is 0 Å². The monoisotopic (exact) mass is 508 g/mol. The Labute approximate surface area is 218 Å². The number of benzene rings is 2. The number of amides is 2. The van der Waals surface area contributed by atoms with E-state index in [0.29, 0.717) is 17.9 Å². The minimum Gasteiger partial charge on any atom is -0.362 e. The number of carbonyl (C=O) groups excluding carboxylic acids is 2. The van der Waals surface area contributed by atoms with E-state index in [9.17, 15) is 9.59 Å². The highest BCUT2D eigenvalue weighted by atomic mass is 35.5. The summed E-state index contributed by atoms with van der Waals surface area (Å²) in [6.07, 6.45) is 5.75. The Kier molecular flexibility index (Phi) is 9.01. The number of carbonyl (C=O) groups is 2. The van der Waals surface area contributed by atoms with Crippen LogP contribution in [0, 0.1) is 0 Å². The summed E-state index contributed by atoms with van der Waals surface area (Å²) in [7, 11) is 3.95. The number of aromatic nitrogens is 2. The van der Waals surface area contributed by atoms with Crippen LogP contribution >= 0.6 is 12.4 Å². The van der Waals surface area contributed by atoms with E-state index in [1.54, 1.807) is 25.5 Å². The van der Waals surface area contributed by atoms with Gasteiger partial charge in [0.15, 0.2) is 0 Å². The predicted molar refractivity (Wildman–Crippen MR) is 146 cm³/mol. The molecule has 0 spiro atoms. The molecule has 1 aliphatic rings. The summed E-state index contributed by atoms with van der Waals surface area (Å²) >= 11 is 0. The first-order chi connectivity index (χ1) is 16.8. The fraction of sp³-hybridized carbons (Fsp3) is 0.333. The fourth-order valence-electron chi connectivity index (χ4n) is 4.52. The van der Waals surface area contributed by atoms with Crippen molar-refractivity contribution in [3.8, 4) is 11.1 Å².